The van der Waals surface area contributed by atoms with Gasteiger partial charge in [-0.2, -0.15) is 5.10 Å². The van der Waals surface area contributed by atoms with Crippen LogP contribution in [0.4, 0.5) is 0 Å². The lowest BCUT2D eigenvalue weighted by Gasteiger charge is -2.02. The van der Waals surface area contributed by atoms with Crippen LogP contribution in [0.5, 0.6) is 0 Å². The quantitative estimate of drug-likeness (QED) is 0.689. The van der Waals surface area contributed by atoms with E-state index in [1.54, 1.807) is 7.11 Å². The minimum atomic E-state index is 0.145. The summed E-state index contributed by atoms with van der Waals surface area (Å²) in [7, 11) is 3.52. The van der Waals surface area contributed by atoms with E-state index in [0.29, 0.717) is 32.7 Å². The SMILES string of the molecule is COCCOCCC(=O)Cc1nn(C)c2ccccc12. The van der Waals surface area contributed by atoms with Gasteiger partial charge in [0.2, 0.25) is 0 Å². The summed E-state index contributed by atoms with van der Waals surface area (Å²) < 4.78 is 12.0. The Balaban J connectivity index is 1.90. The standard InChI is InChI=1S/C15H20N2O3/c1-17-15-6-4-3-5-13(15)14(16-17)11-12(18)7-8-20-10-9-19-2/h3-6H,7-11H2,1-2H3. The van der Waals surface area contributed by atoms with Crippen LogP contribution in [0.1, 0.15) is 12.1 Å². The third-order valence-corrected chi connectivity index (χ3v) is 3.16. The van der Waals surface area contributed by atoms with Crippen molar-refractivity contribution in [2.24, 2.45) is 7.05 Å². The Labute approximate surface area is 118 Å². The number of hydrogen-bond donors (Lipinski definition) is 0. The van der Waals surface area contributed by atoms with Crippen LogP contribution in [0.2, 0.25) is 0 Å². The maximum absolute atomic E-state index is 11.9. The lowest BCUT2D eigenvalue weighted by Crippen LogP contribution is -2.10. The van der Waals surface area contributed by atoms with Crippen LogP contribution < -0.4 is 0 Å². The smallest absolute Gasteiger partial charge is 0.141 e. The molecule has 0 aliphatic heterocycles. The highest BCUT2D eigenvalue weighted by Gasteiger charge is 2.11. The van der Waals surface area contributed by atoms with Gasteiger partial charge in [0.15, 0.2) is 0 Å². The molecule has 20 heavy (non-hydrogen) atoms. The first kappa shape index (κ1) is 14.7. The van der Waals surface area contributed by atoms with Crippen LogP contribution in [0, 0.1) is 0 Å². The van der Waals surface area contributed by atoms with Gasteiger partial charge in [-0.15, -0.1) is 0 Å². The van der Waals surface area contributed by atoms with E-state index in [2.05, 4.69) is 5.10 Å². The van der Waals surface area contributed by atoms with Crippen LogP contribution >= 0.6 is 0 Å². The number of para-hydroxylation sites is 1. The molecule has 0 aliphatic rings. The summed E-state index contributed by atoms with van der Waals surface area (Å²) in [4.78, 5) is 11.9. The van der Waals surface area contributed by atoms with Crippen molar-refractivity contribution < 1.29 is 14.3 Å². The lowest BCUT2D eigenvalue weighted by atomic mass is 10.1. The van der Waals surface area contributed by atoms with Crippen molar-refractivity contribution in [3.05, 3.63) is 30.0 Å². The molecule has 5 nitrogen and oxygen atoms in total. The van der Waals surface area contributed by atoms with Crippen LogP contribution in [-0.2, 0) is 27.7 Å². The molecule has 0 saturated carbocycles. The predicted octanol–water partition coefficient (Wildman–Crippen LogP) is 1.74. The lowest BCUT2D eigenvalue weighted by molar-refractivity contribution is -0.119. The van der Waals surface area contributed by atoms with Gasteiger partial charge in [0.1, 0.15) is 5.78 Å². The second-order valence-electron chi connectivity index (χ2n) is 4.66. The Bertz CT molecular complexity index is 578. The summed E-state index contributed by atoms with van der Waals surface area (Å²) in [6, 6.07) is 7.94. The van der Waals surface area contributed by atoms with E-state index < -0.39 is 0 Å². The molecule has 0 spiro atoms. The highest BCUT2D eigenvalue weighted by Crippen LogP contribution is 2.18. The molecule has 1 aromatic heterocycles. The highest BCUT2D eigenvalue weighted by molar-refractivity contribution is 5.88. The predicted molar refractivity (Wildman–Crippen MR) is 76.7 cm³/mol. The number of nitrogens with zero attached hydrogens (tertiary/aromatic N) is 2. The topological polar surface area (TPSA) is 53.4 Å². The van der Waals surface area contributed by atoms with Gasteiger partial charge in [0.05, 0.1) is 37.5 Å². The molecule has 0 N–H and O–H groups in total. The number of rotatable bonds is 8. The number of benzene rings is 1. The van der Waals surface area contributed by atoms with Crippen LogP contribution in [0.3, 0.4) is 0 Å². The first-order chi connectivity index (χ1) is 9.72. The third-order valence-electron chi connectivity index (χ3n) is 3.16. The van der Waals surface area contributed by atoms with Gasteiger partial charge >= 0.3 is 0 Å². The fourth-order valence-electron chi connectivity index (χ4n) is 2.12. The van der Waals surface area contributed by atoms with E-state index in [-0.39, 0.29) is 5.78 Å². The van der Waals surface area contributed by atoms with Crippen molar-refractivity contribution in [2.45, 2.75) is 12.8 Å². The summed E-state index contributed by atoms with van der Waals surface area (Å²) in [5.41, 5.74) is 1.89. The first-order valence-corrected chi connectivity index (χ1v) is 6.71. The van der Waals surface area contributed by atoms with Gasteiger partial charge in [-0.05, 0) is 6.07 Å². The Hall–Kier alpha value is -1.72. The Morgan fingerprint density at radius 2 is 2.05 bits per heavy atom. The maximum Gasteiger partial charge on any atom is 0.141 e. The molecule has 0 radical (unpaired) electrons. The normalized spacial score (nSPS) is 11.1. The Kier molecular flexibility index (Phi) is 5.26. The molecule has 5 heteroatoms. The number of methoxy groups -OCH3 is 1. The number of aromatic nitrogens is 2. The van der Waals surface area contributed by atoms with Gasteiger partial charge in [-0.3, -0.25) is 9.48 Å². The van der Waals surface area contributed by atoms with Crippen molar-refractivity contribution in [3.8, 4) is 0 Å². The van der Waals surface area contributed by atoms with Crippen molar-refractivity contribution in [1.82, 2.24) is 9.78 Å². The van der Waals surface area contributed by atoms with E-state index in [9.17, 15) is 4.79 Å². The van der Waals surface area contributed by atoms with Crippen molar-refractivity contribution in [3.63, 3.8) is 0 Å². The average Bonchev–Trinajstić information content (AvgIpc) is 2.76. The minimum Gasteiger partial charge on any atom is -0.382 e. The van der Waals surface area contributed by atoms with Gasteiger partial charge in [0.25, 0.3) is 0 Å². The monoisotopic (exact) mass is 276 g/mol. The highest BCUT2D eigenvalue weighted by atomic mass is 16.5. The molecular weight excluding hydrogens is 256 g/mol. The van der Waals surface area contributed by atoms with E-state index >= 15 is 0 Å². The fraction of sp³-hybridized carbons (Fsp3) is 0.467. The van der Waals surface area contributed by atoms with E-state index in [1.807, 2.05) is 36.0 Å². The summed E-state index contributed by atoms with van der Waals surface area (Å²) >= 11 is 0. The molecule has 108 valence electrons. The molecule has 0 atom stereocenters. The number of aryl methyl sites for hydroxylation is 1. The Morgan fingerprint density at radius 3 is 2.85 bits per heavy atom. The third kappa shape index (κ3) is 3.65. The number of hydrogen-bond acceptors (Lipinski definition) is 4. The average molecular weight is 276 g/mol. The number of carbonyl (C=O) groups excluding carboxylic acids is 1. The van der Waals surface area contributed by atoms with E-state index in [0.717, 1.165) is 16.6 Å². The number of ketones is 1. The second kappa shape index (κ2) is 7.17. The number of fused-ring (bicyclic) bond motifs is 1. The summed E-state index contributed by atoms with van der Waals surface area (Å²) in [5, 5.41) is 5.47. The Morgan fingerprint density at radius 1 is 1.25 bits per heavy atom. The first-order valence-electron chi connectivity index (χ1n) is 6.71. The fourth-order valence-corrected chi connectivity index (χ4v) is 2.12. The van der Waals surface area contributed by atoms with Crippen molar-refractivity contribution >= 4 is 16.7 Å². The largest absolute Gasteiger partial charge is 0.382 e. The summed E-state index contributed by atoms with van der Waals surface area (Å²) in [5.74, 6) is 0.145. The molecule has 0 bridgehead atoms. The van der Waals surface area contributed by atoms with Gasteiger partial charge in [0, 0.05) is 26.0 Å². The van der Waals surface area contributed by atoms with Crippen molar-refractivity contribution in [1.29, 1.82) is 0 Å². The molecule has 2 aromatic rings. The van der Waals surface area contributed by atoms with Crippen LogP contribution in [-0.4, -0.2) is 42.5 Å². The van der Waals surface area contributed by atoms with Gasteiger partial charge in [-0.25, -0.2) is 0 Å². The molecule has 0 aliphatic carbocycles. The molecule has 0 amide bonds. The maximum atomic E-state index is 11.9. The summed E-state index contributed by atoms with van der Waals surface area (Å²) in [6.45, 7) is 1.52. The minimum absolute atomic E-state index is 0.145. The molecule has 1 aromatic carbocycles. The zero-order valence-electron chi connectivity index (χ0n) is 12.0. The van der Waals surface area contributed by atoms with Gasteiger partial charge < -0.3 is 9.47 Å². The molecular formula is C15H20N2O3. The van der Waals surface area contributed by atoms with E-state index in [1.165, 1.54) is 0 Å². The number of carbonyl (C=O) groups is 1. The molecule has 0 fully saturated rings. The number of Topliss-reactive ketones (excluding diaryl/α,β-unsaturated/α-hetero) is 1. The molecule has 1 heterocycles. The van der Waals surface area contributed by atoms with Crippen LogP contribution in [0.25, 0.3) is 10.9 Å². The van der Waals surface area contributed by atoms with Crippen molar-refractivity contribution in [2.75, 3.05) is 26.9 Å². The van der Waals surface area contributed by atoms with Crippen LogP contribution in [0.15, 0.2) is 24.3 Å². The second-order valence-corrected chi connectivity index (χ2v) is 4.66. The zero-order valence-corrected chi connectivity index (χ0v) is 12.0. The van der Waals surface area contributed by atoms with E-state index in [4.69, 9.17) is 9.47 Å². The molecule has 0 saturated heterocycles. The molecule has 2 rings (SSSR count). The molecule has 0 unspecified atom stereocenters. The summed E-state index contributed by atoms with van der Waals surface area (Å²) in [6.07, 6.45) is 0.767. The van der Waals surface area contributed by atoms with Gasteiger partial charge in [-0.1, -0.05) is 18.2 Å². The number of ether oxygens (including phenoxy) is 2. The zero-order chi connectivity index (χ0) is 14.4.